The van der Waals surface area contributed by atoms with Crippen molar-refractivity contribution in [2.45, 2.75) is 0 Å². The minimum Gasteiger partial charge on any atom is -0.437 e. The molecule has 5 aromatic carbocycles. The molecule has 6 heteroatoms. The minimum absolute atomic E-state index is 0.0899. The Morgan fingerprint density at radius 3 is 2.36 bits per heavy atom. The molecule has 0 bridgehead atoms. The molecule has 8 aromatic rings. The molecule has 3 heterocycles. The zero-order valence-corrected chi connectivity index (χ0v) is 20.7. The molecule has 0 saturated heterocycles. The van der Waals surface area contributed by atoms with Gasteiger partial charge in [-0.3, -0.25) is 9.81 Å². The van der Waals surface area contributed by atoms with Crippen LogP contribution in [0.3, 0.4) is 0 Å². The Hall–Kier alpha value is -5.49. The fourth-order valence-corrected chi connectivity index (χ4v) is 5.46. The van der Waals surface area contributed by atoms with Gasteiger partial charge in [-0.15, -0.1) is 0 Å². The van der Waals surface area contributed by atoms with Crippen molar-refractivity contribution in [1.82, 2.24) is 14.4 Å². The molecule has 39 heavy (non-hydrogen) atoms. The van der Waals surface area contributed by atoms with E-state index in [0.29, 0.717) is 16.9 Å². The SMILES string of the molecule is N=c1nc2oc3cc(N(c4ccccc4)c4cccc5ccccc45)ccc3cc2c2nc3ccccc3n12. The highest BCUT2D eigenvalue weighted by molar-refractivity contribution is 6.02. The summed E-state index contributed by atoms with van der Waals surface area (Å²) < 4.78 is 8.14. The lowest BCUT2D eigenvalue weighted by Gasteiger charge is -2.27. The van der Waals surface area contributed by atoms with E-state index in [9.17, 15) is 0 Å². The van der Waals surface area contributed by atoms with E-state index in [2.05, 4.69) is 82.7 Å². The van der Waals surface area contributed by atoms with Crippen LogP contribution in [-0.4, -0.2) is 14.4 Å². The molecule has 0 spiro atoms. The van der Waals surface area contributed by atoms with Gasteiger partial charge in [0.05, 0.1) is 22.1 Å². The molecule has 0 unspecified atom stereocenters. The van der Waals surface area contributed by atoms with E-state index in [4.69, 9.17) is 14.8 Å². The molecule has 3 aromatic heterocycles. The lowest BCUT2D eigenvalue weighted by molar-refractivity contribution is 0.639. The van der Waals surface area contributed by atoms with E-state index in [1.165, 1.54) is 5.39 Å². The van der Waals surface area contributed by atoms with E-state index in [0.717, 1.165) is 44.3 Å². The van der Waals surface area contributed by atoms with Gasteiger partial charge in [-0.25, -0.2) is 4.98 Å². The molecule has 0 fully saturated rings. The summed E-state index contributed by atoms with van der Waals surface area (Å²) in [5.74, 6) is 0. The number of nitrogens with zero attached hydrogens (tertiary/aromatic N) is 4. The summed E-state index contributed by atoms with van der Waals surface area (Å²) in [7, 11) is 0. The first kappa shape index (κ1) is 21.6. The molecule has 0 saturated carbocycles. The van der Waals surface area contributed by atoms with Crippen molar-refractivity contribution in [2.24, 2.45) is 0 Å². The van der Waals surface area contributed by atoms with Crippen LogP contribution >= 0.6 is 0 Å². The summed E-state index contributed by atoms with van der Waals surface area (Å²) in [6.45, 7) is 0. The van der Waals surface area contributed by atoms with Crippen LogP contribution in [0.15, 0.2) is 126 Å². The van der Waals surface area contributed by atoms with Crippen molar-refractivity contribution in [1.29, 1.82) is 5.41 Å². The van der Waals surface area contributed by atoms with Crippen LogP contribution in [0.4, 0.5) is 17.1 Å². The van der Waals surface area contributed by atoms with Gasteiger partial charge in [-0.2, -0.15) is 4.98 Å². The molecule has 0 aliphatic heterocycles. The second kappa shape index (κ2) is 8.26. The number of para-hydroxylation sites is 3. The van der Waals surface area contributed by atoms with Crippen LogP contribution in [0.2, 0.25) is 0 Å². The van der Waals surface area contributed by atoms with Gasteiger partial charge in [0, 0.05) is 28.2 Å². The predicted octanol–water partition coefficient (Wildman–Crippen LogP) is 7.88. The summed E-state index contributed by atoms with van der Waals surface area (Å²) in [5, 5.41) is 12.7. The number of fused-ring (bicyclic) bond motifs is 7. The molecular formula is C33H21N5O. The van der Waals surface area contributed by atoms with E-state index < -0.39 is 0 Å². The average Bonchev–Trinajstić information content (AvgIpc) is 3.38. The maximum Gasteiger partial charge on any atom is 0.233 e. The molecule has 0 aliphatic rings. The smallest absolute Gasteiger partial charge is 0.233 e. The average molecular weight is 504 g/mol. The van der Waals surface area contributed by atoms with Gasteiger partial charge in [0.1, 0.15) is 5.58 Å². The number of hydrogen-bond donors (Lipinski definition) is 1. The molecule has 8 rings (SSSR count). The first-order valence-electron chi connectivity index (χ1n) is 12.8. The van der Waals surface area contributed by atoms with Crippen LogP contribution in [0.5, 0.6) is 0 Å². The van der Waals surface area contributed by atoms with Gasteiger partial charge in [0.25, 0.3) is 0 Å². The molecule has 1 N–H and O–H groups in total. The zero-order chi connectivity index (χ0) is 25.9. The number of benzene rings is 5. The van der Waals surface area contributed by atoms with Gasteiger partial charge in [-0.05, 0) is 53.9 Å². The van der Waals surface area contributed by atoms with Crippen molar-refractivity contribution in [3.63, 3.8) is 0 Å². The first-order chi connectivity index (χ1) is 19.2. The predicted molar refractivity (Wildman–Crippen MR) is 156 cm³/mol. The summed E-state index contributed by atoms with van der Waals surface area (Å²) in [6.07, 6.45) is 0. The maximum absolute atomic E-state index is 8.61. The third kappa shape index (κ3) is 3.32. The highest BCUT2D eigenvalue weighted by atomic mass is 16.3. The minimum atomic E-state index is 0.0899. The van der Waals surface area contributed by atoms with E-state index in [-0.39, 0.29) is 5.62 Å². The van der Waals surface area contributed by atoms with Gasteiger partial charge in [-0.1, -0.05) is 66.7 Å². The Balaban J connectivity index is 1.38. The second-order valence-electron chi connectivity index (χ2n) is 9.55. The maximum atomic E-state index is 8.61. The Labute approximate surface area is 222 Å². The molecule has 0 atom stereocenters. The lowest BCUT2D eigenvalue weighted by atomic mass is 10.1. The Morgan fingerprint density at radius 1 is 0.641 bits per heavy atom. The third-order valence-electron chi connectivity index (χ3n) is 7.24. The largest absolute Gasteiger partial charge is 0.437 e. The van der Waals surface area contributed by atoms with Gasteiger partial charge in [0.2, 0.25) is 11.3 Å². The van der Waals surface area contributed by atoms with Crippen LogP contribution in [0.25, 0.3) is 49.5 Å². The number of rotatable bonds is 3. The summed E-state index contributed by atoms with van der Waals surface area (Å²) >= 11 is 0. The Bertz CT molecular complexity index is 2260. The van der Waals surface area contributed by atoms with Crippen molar-refractivity contribution < 1.29 is 4.42 Å². The van der Waals surface area contributed by atoms with Crippen molar-refractivity contribution >= 4 is 66.6 Å². The highest BCUT2D eigenvalue weighted by Gasteiger charge is 2.17. The lowest BCUT2D eigenvalue weighted by Crippen LogP contribution is -2.16. The van der Waals surface area contributed by atoms with Crippen molar-refractivity contribution in [3.05, 3.63) is 127 Å². The van der Waals surface area contributed by atoms with E-state index in [1.807, 2.05) is 48.5 Å². The van der Waals surface area contributed by atoms with Crippen molar-refractivity contribution in [2.75, 3.05) is 4.90 Å². The van der Waals surface area contributed by atoms with Gasteiger partial charge in [0.15, 0.2) is 5.65 Å². The van der Waals surface area contributed by atoms with E-state index in [1.54, 1.807) is 4.40 Å². The van der Waals surface area contributed by atoms with Crippen LogP contribution in [-0.2, 0) is 0 Å². The first-order valence-corrected chi connectivity index (χ1v) is 12.8. The number of imidazole rings is 1. The monoisotopic (exact) mass is 503 g/mol. The number of anilines is 3. The molecular weight excluding hydrogens is 482 g/mol. The Morgan fingerprint density at radius 2 is 1.44 bits per heavy atom. The molecule has 184 valence electrons. The summed E-state index contributed by atoms with van der Waals surface area (Å²) in [6, 6.07) is 41.2. The number of hydrogen-bond acceptors (Lipinski definition) is 5. The summed E-state index contributed by atoms with van der Waals surface area (Å²) in [5.41, 5.74) is 6.61. The third-order valence-corrected chi connectivity index (χ3v) is 7.24. The fourth-order valence-electron chi connectivity index (χ4n) is 5.46. The van der Waals surface area contributed by atoms with Crippen LogP contribution in [0, 0.1) is 5.41 Å². The van der Waals surface area contributed by atoms with Crippen molar-refractivity contribution in [3.8, 4) is 0 Å². The van der Waals surface area contributed by atoms with Gasteiger partial charge >= 0.3 is 0 Å². The quantitative estimate of drug-likeness (QED) is 0.249. The van der Waals surface area contributed by atoms with Crippen LogP contribution < -0.4 is 10.5 Å². The topological polar surface area (TPSA) is 70.4 Å². The Kier molecular flexibility index (Phi) is 4.57. The molecule has 0 amide bonds. The molecule has 0 aliphatic carbocycles. The molecule has 0 radical (unpaired) electrons. The second-order valence-corrected chi connectivity index (χ2v) is 9.55. The van der Waals surface area contributed by atoms with E-state index >= 15 is 0 Å². The summed E-state index contributed by atoms with van der Waals surface area (Å²) in [4.78, 5) is 11.6. The fraction of sp³-hybridized carbons (Fsp3) is 0. The standard InChI is InChI=1S/C33H21N5O/c34-33-36-32-26(31-35-27-14-6-7-15-29(27)38(31)33)19-22-17-18-24(20-30(22)39-32)37(23-11-2-1-3-12-23)28-16-8-10-21-9-4-5-13-25(21)28/h1-20,34H. The highest BCUT2D eigenvalue weighted by Crippen LogP contribution is 2.40. The van der Waals surface area contributed by atoms with Gasteiger partial charge < -0.3 is 9.32 Å². The normalized spacial score (nSPS) is 11.7. The molecule has 6 nitrogen and oxygen atoms in total. The zero-order valence-electron chi connectivity index (χ0n) is 20.7. The van der Waals surface area contributed by atoms with Crippen LogP contribution in [0.1, 0.15) is 0 Å². The number of nitrogens with one attached hydrogen (secondary N) is 1. The number of aromatic nitrogens is 3.